The molecule has 7 nitrogen and oxygen atoms in total. The van der Waals surface area contributed by atoms with Gasteiger partial charge in [-0.1, -0.05) is 18.5 Å². The normalized spacial score (nSPS) is 12.1. The van der Waals surface area contributed by atoms with Crippen LogP contribution in [-0.4, -0.2) is 21.1 Å². The number of carbonyl (C=O) groups excluding carboxylic acids is 1. The molecule has 24 heavy (non-hydrogen) atoms. The standard InChI is InChI=1S/C16H14ClN3O4/c1-3-14(21)23-16-10-7-11(17)13(8-12(10)24-20-16)22-9(2)15-18-5-4-6-19-15/h4-9H,3H2,1-2H3. The first-order valence-corrected chi connectivity index (χ1v) is 7.69. The van der Waals surface area contributed by atoms with Crippen LogP contribution in [-0.2, 0) is 4.79 Å². The van der Waals surface area contributed by atoms with Gasteiger partial charge >= 0.3 is 5.97 Å². The zero-order chi connectivity index (χ0) is 17.1. The Morgan fingerprint density at radius 1 is 1.33 bits per heavy atom. The highest BCUT2D eigenvalue weighted by Gasteiger charge is 2.18. The fraction of sp³-hybridized carbons (Fsp3) is 0.250. The molecular formula is C16H14ClN3O4. The van der Waals surface area contributed by atoms with Crippen molar-refractivity contribution in [3.8, 4) is 11.6 Å². The minimum Gasteiger partial charge on any atom is -0.481 e. The van der Waals surface area contributed by atoms with Gasteiger partial charge < -0.3 is 14.0 Å². The SMILES string of the molecule is CCC(=O)Oc1noc2cc(OC(C)c3ncccn3)c(Cl)cc12. The average molecular weight is 348 g/mol. The molecule has 3 aromatic rings. The molecule has 0 amide bonds. The zero-order valence-corrected chi connectivity index (χ0v) is 13.8. The predicted molar refractivity (Wildman–Crippen MR) is 86.0 cm³/mol. The lowest BCUT2D eigenvalue weighted by Gasteiger charge is -2.14. The molecule has 0 aliphatic heterocycles. The first-order valence-electron chi connectivity index (χ1n) is 7.31. The molecule has 1 atom stereocenters. The van der Waals surface area contributed by atoms with E-state index in [4.69, 9.17) is 25.6 Å². The van der Waals surface area contributed by atoms with Crippen molar-refractivity contribution in [2.75, 3.05) is 0 Å². The van der Waals surface area contributed by atoms with Crippen LogP contribution in [0.3, 0.4) is 0 Å². The summed E-state index contributed by atoms with van der Waals surface area (Å²) in [4.78, 5) is 19.7. The summed E-state index contributed by atoms with van der Waals surface area (Å²) >= 11 is 6.26. The third kappa shape index (κ3) is 3.30. The molecule has 2 heterocycles. The van der Waals surface area contributed by atoms with Gasteiger partial charge in [0.25, 0.3) is 5.88 Å². The monoisotopic (exact) mass is 347 g/mol. The molecule has 1 unspecified atom stereocenters. The number of esters is 1. The summed E-state index contributed by atoms with van der Waals surface area (Å²) in [7, 11) is 0. The number of benzene rings is 1. The highest BCUT2D eigenvalue weighted by molar-refractivity contribution is 6.32. The summed E-state index contributed by atoms with van der Waals surface area (Å²) in [5.41, 5.74) is 0.398. The van der Waals surface area contributed by atoms with Gasteiger partial charge in [-0.25, -0.2) is 9.97 Å². The van der Waals surface area contributed by atoms with Crippen LogP contribution in [0.2, 0.25) is 5.02 Å². The minimum atomic E-state index is -0.406. The highest BCUT2D eigenvalue weighted by Crippen LogP contribution is 2.36. The second-order valence-corrected chi connectivity index (χ2v) is 5.37. The maximum atomic E-state index is 11.4. The average Bonchev–Trinajstić information content (AvgIpc) is 2.97. The van der Waals surface area contributed by atoms with Crippen molar-refractivity contribution in [3.63, 3.8) is 0 Å². The van der Waals surface area contributed by atoms with Crippen molar-refractivity contribution >= 4 is 28.5 Å². The topological polar surface area (TPSA) is 87.3 Å². The van der Waals surface area contributed by atoms with Crippen LogP contribution in [0, 0.1) is 0 Å². The third-order valence-corrected chi connectivity index (χ3v) is 3.54. The number of hydrogen-bond donors (Lipinski definition) is 0. The van der Waals surface area contributed by atoms with Crippen LogP contribution in [0.5, 0.6) is 11.6 Å². The largest absolute Gasteiger partial charge is 0.481 e. The smallest absolute Gasteiger partial charge is 0.312 e. The molecular weight excluding hydrogens is 334 g/mol. The van der Waals surface area contributed by atoms with Gasteiger partial charge in [0.15, 0.2) is 17.5 Å². The van der Waals surface area contributed by atoms with Crippen molar-refractivity contribution in [1.29, 1.82) is 0 Å². The van der Waals surface area contributed by atoms with Gasteiger partial charge in [0.05, 0.1) is 10.4 Å². The highest BCUT2D eigenvalue weighted by atomic mass is 35.5. The lowest BCUT2D eigenvalue weighted by molar-refractivity contribution is -0.134. The van der Waals surface area contributed by atoms with E-state index in [2.05, 4.69) is 15.1 Å². The minimum absolute atomic E-state index is 0.0877. The van der Waals surface area contributed by atoms with Crippen LogP contribution >= 0.6 is 11.6 Å². The lowest BCUT2D eigenvalue weighted by atomic mass is 10.2. The number of fused-ring (bicyclic) bond motifs is 1. The first kappa shape index (κ1) is 16.2. The molecule has 8 heteroatoms. The number of hydrogen-bond acceptors (Lipinski definition) is 7. The van der Waals surface area contributed by atoms with Crippen molar-refractivity contribution < 1.29 is 18.8 Å². The second-order valence-electron chi connectivity index (χ2n) is 4.96. The van der Waals surface area contributed by atoms with Crippen LogP contribution in [0.4, 0.5) is 0 Å². The van der Waals surface area contributed by atoms with E-state index in [1.807, 2.05) is 6.92 Å². The Kier molecular flexibility index (Phi) is 4.61. The Hall–Kier alpha value is -2.67. The Balaban J connectivity index is 1.87. The Morgan fingerprint density at radius 2 is 2.08 bits per heavy atom. The molecule has 0 spiro atoms. The number of halogens is 1. The molecule has 1 aromatic carbocycles. The lowest BCUT2D eigenvalue weighted by Crippen LogP contribution is -2.07. The van der Waals surface area contributed by atoms with Crippen molar-refractivity contribution in [3.05, 3.63) is 41.4 Å². The molecule has 0 aliphatic carbocycles. The number of ether oxygens (including phenoxy) is 2. The molecule has 124 valence electrons. The molecule has 0 aliphatic rings. The quantitative estimate of drug-likeness (QED) is 0.650. The van der Waals surface area contributed by atoms with Crippen LogP contribution < -0.4 is 9.47 Å². The Labute approximate surface area is 142 Å². The van der Waals surface area contributed by atoms with E-state index >= 15 is 0 Å². The Morgan fingerprint density at radius 3 is 2.79 bits per heavy atom. The summed E-state index contributed by atoms with van der Waals surface area (Å²) < 4.78 is 16.1. The van der Waals surface area contributed by atoms with Gasteiger partial charge in [-0.15, -0.1) is 0 Å². The zero-order valence-electron chi connectivity index (χ0n) is 13.0. The number of nitrogens with zero attached hydrogens (tertiary/aromatic N) is 3. The van der Waals surface area contributed by atoms with Crippen LogP contribution in [0.25, 0.3) is 11.0 Å². The summed E-state index contributed by atoms with van der Waals surface area (Å²) in [5.74, 6) is 0.610. The fourth-order valence-corrected chi connectivity index (χ4v) is 2.23. The predicted octanol–water partition coefficient (Wildman–Crippen LogP) is 3.73. The van der Waals surface area contributed by atoms with Gasteiger partial charge in [-0.3, -0.25) is 4.79 Å². The van der Waals surface area contributed by atoms with E-state index in [0.717, 1.165) is 0 Å². The molecule has 0 bridgehead atoms. The van der Waals surface area contributed by atoms with Crippen molar-refractivity contribution in [2.45, 2.75) is 26.4 Å². The van der Waals surface area contributed by atoms with E-state index in [-0.39, 0.29) is 12.3 Å². The number of carbonyl (C=O) groups is 1. The van der Waals surface area contributed by atoms with Gasteiger partial charge in [-0.2, -0.15) is 0 Å². The number of aromatic nitrogens is 3. The number of rotatable bonds is 5. The van der Waals surface area contributed by atoms with Crippen LogP contribution in [0.1, 0.15) is 32.2 Å². The van der Waals surface area contributed by atoms with E-state index in [9.17, 15) is 4.79 Å². The van der Waals surface area contributed by atoms with Gasteiger partial charge in [0.1, 0.15) is 5.75 Å². The van der Waals surface area contributed by atoms with Crippen LogP contribution in [0.15, 0.2) is 35.1 Å². The maximum absolute atomic E-state index is 11.4. The van der Waals surface area contributed by atoms with E-state index in [1.54, 1.807) is 37.5 Å². The Bertz CT molecular complexity index is 866. The summed E-state index contributed by atoms with van der Waals surface area (Å²) in [6.45, 7) is 3.50. The molecule has 2 aromatic heterocycles. The molecule has 0 saturated heterocycles. The molecule has 0 saturated carbocycles. The van der Waals surface area contributed by atoms with Gasteiger partial charge in [0, 0.05) is 24.9 Å². The second kappa shape index (κ2) is 6.84. The summed E-state index contributed by atoms with van der Waals surface area (Å²) in [5, 5.41) is 4.58. The van der Waals surface area contributed by atoms with E-state index < -0.39 is 12.1 Å². The van der Waals surface area contributed by atoms with Crippen molar-refractivity contribution in [2.24, 2.45) is 0 Å². The van der Waals surface area contributed by atoms with Gasteiger partial charge in [0.2, 0.25) is 0 Å². The molecule has 0 N–H and O–H groups in total. The summed E-state index contributed by atoms with van der Waals surface area (Å²) in [6, 6.07) is 4.90. The summed E-state index contributed by atoms with van der Waals surface area (Å²) in [6.07, 6.45) is 3.11. The van der Waals surface area contributed by atoms with E-state index in [1.165, 1.54) is 0 Å². The molecule has 0 radical (unpaired) electrons. The maximum Gasteiger partial charge on any atom is 0.312 e. The van der Waals surface area contributed by atoms with Crippen molar-refractivity contribution in [1.82, 2.24) is 15.1 Å². The fourth-order valence-electron chi connectivity index (χ4n) is 2.02. The third-order valence-electron chi connectivity index (χ3n) is 3.24. The van der Waals surface area contributed by atoms with Gasteiger partial charge in [-0.05, 0) is 24.2 Å². The first-order chi connectivity index (χ1) is 11.6. The van der Waals surface area contributed by atoms with E-state index in [0.29, 0.717) is 27.6 Å². The molecule has 3 rings (SSSR count). The molecule has 0 fully saturated rings.